The molecule has 4 aromatic carbocycles. The Morgan fingerprint density at radius 3 is 1.45 bits per heavy atom. The highest BCUT2D eigenvalue weighted by atomic mass is 19.4. The molecule has 3 unspecified atom stereocenters. The lowest BCUT2D eigenvalue weighted by atomic mass is 9.95. The second-order valence-corrected chi connectivity index (χ2v) is 16.2. The minimum atomic E-state index is -4.53. The number of hydrogen-bond donors (Lipinski definition) is 2. The van der Waals surface area contributed by atoms with Gasteiger partial charge in [-0.2, -0.15) is 26.3 Å². The van der Waals surface area contributed by atoms with Gasteiger partial charge in [-0.25, -0.2) is 4.79 Å². The predicted molar refractivity (Wildman–Crippen MR) is 218 cm³/mol. The number of ether oxygens (including phenoxy) is 3. The molecule has 4 aromatic rings. The standard InChI is InChI=1S/C46H56F6N2O6/c1-30(8-10-32-16-24-39(55)41(26-32)58-6)53(28-34-11-18-36(19-12-34)45(47,48)49)31(2)9-22-38(23-15-33-17-25-40(56)42(27-33)59-7)54(43(57)60-44(3,4)5)29-35-13-20-37(21-14-35)46(50,51)52/h11-14,16-21,24-27,30-31,38,55-56H,8-10,15,22-23,28-29H2,1-7H3. The van der Waals surface area contributed by atoms with Crippen LogP contribution < -0.4 is 9.47 Å². The van der Waals surface area contributed by atoms with Gasteiger partial charge in [0.25, 0.3) is 0 Å². The molecule has 0 bridgehead atoms. The molecule has 0 radical (unpaired) electrons. The van der Waals surface area contributed by atoms with E-state index in [0.29, 0.717) is 61.9 Å². The predicted octanol–water partition coefficient (Wildman–Crippen LogP) is 11.6. The van der Waals surface area contributed by atoms with Crippen molar-refractivity contribution in [3.05, 3.63) is 118 Å². The summed E-state index contributed by atoms with van der Waals surface area (Å²) in [5, 5.41) is 20.3. The number of carbonyl (C=O) groups is 1. The molecule has 0 aliphatic rings. The molecule has 60 heavy (non-hydrogen) atoms. The van der Waals surface area contributed by atoms with Gasteiger partial charge in [0.1, 0.15) is 5.60 Å². The second-order valence-electron chi connectivity index (χ2n) is 16.2. The normalized spacial score (nSPS) is 13.8. The molecule has 0 aliphatic carbocycles. The number of rotatable bonds is 18. The van der Waals surface area contributed by atoms with Crippen molar-refractivity contribution in [3.8, 4) is 23.0 Å². The first kappa shape index (κ1) is 47.6. The second kappa shape index (κ2) is 20.4. The first-order valence-electron chi connectivity index (χ1n) is 19.9. The monoisotopic (exact) mass is 846 g/mol. The average Bonchev–Trinajstić information content (AvgIpc) is 3.18. The number of nitrogens with zero attached hydrogens (tertiary/aromatic N) is 2. The minimum Gasteiger partial charge on any atom is -0.504 e. The highest BCUT2D eigenvalue weighted by Crippen LogP contribution is 2.33. The van der Waals surface area contributed by atoms with Crippen molar-refractivity contribution < 1.29 is 55.6 Å². The summed E-state index contributed by atoms with van der Waals surface area (Å²) in [5.74, 6) is 0.614. The zero-order valence-corrected chi connectivity index (χ0v) is 35.2. The van der Waals surface area contributed by atoms with Crippen molar-refractivity contribution in [1.82, 2.24) is 9.80 Å². The third-order valence-corrected chi connectivity index (χ3v) is 10.5. The van der Waals surface area contributed by atoms with Crippen LogP contribution in [0.5, 0.6) is 23.0 Å². The number of benzene rings is 4. The van der Waals surface area contributed by atoms with E-state index in [4.69, 9.17) is 14.2 Å². The number of halogens is 6. The van der Waals surface area contributed by atoms with Gasteiger partial charge in [0.05, 0.1) is 25.3 Å². The number of hydrogen-bond acceptors (Lipinski definition) is 7. The Labute approximate surface area is 348 Å². The van der Waals surface area contributed by atoms with Gasteiger partial charge in [-0.05, 0) is 144 Å². The first-order chi connectivity index (χ1) is 28.1. The number of methoxy groups -OCH3 is 2. The minimum absolute atomic E-state index is 0.0182. The number of carbonyl (C=O) groups excluding carboxylic acids is 1. The summed E-state index contributed by atoms with van der Waals surface area (Å²) in [4.78, 5) is 17.8. The van der Waals surface area contributed by atoms with Crippen molar-refractivity contribution in [2.45, 2.75) is 122 Å². The molecule has 0 saturated carbocycles. The van der Waals surface area contributed by atoms with E-state index >= 15 is 0 Å². The first-order valence-corrected chi connectivity index (χ1v) is 19.9. The van der Waals surface area contributed by atoms with Crippen LogP contribution in [-0.2, 0) is 43.0 Å². The molecule has 3 atom stereocenters. The quantitative estimate of drug-likeness (QED) is 0.0964. The fraction of sp³-hybridized carbons (Fsp3) is 0.457. The van der Waals surface area contributed by atoms with Gasteiger partial charge in [0.15, 0.2) is 23.0 Å². The maximum atomic E-state index is 14.1. The summed E-state index contributed by atoms with van der Waals surface area (Å²) in [6.45, 7) is 9.57. The van der Waals surface area contributed by atoms with Crippen molar-refractivity contribution in [3.63, 3.8) is 0 Å². The topological polar surface area (TPSA) is 91.7 Å². The van der Waals surface area contributed by atoms with Gasteiger partial charge in [0, 0.05) is 31.2 Å². The molecule has 328 valence electrons. The number of amides is 1. The van der Waals surface area contributed by atoms with Crippen LogP contribution in [0.4, 0.5) is 31.1 Å². The molecule has 0 aromatic heterocycles. The Balaban J connectivity index is 1.67. The van der Waals surface area contributed by atoms with E-state index in [0.717, 1.165) is 35.4 Å². The Bertz CT molecular complexity index is 1980. The number of alkyl halides is 6. The summed E-state index contributed by atoms with van der Waals surface area (Å²) in [6.07, 6.45) is -6.56. The fourth-order valence-corrected chi connectivity index (χ4v) is 7.10. The molecule has 1 amide bonds. The van der Waals surface area contributed by atoms with Crippen LogP contribution in [0.25, 0.3) is 0 Å². The molecule has 4 rings (SSSR count). The van der Waals surface area contributed by atoms with E-state index in [9.17, 15) is 41.4 Å². The van der Waals surface area contributed by atoms with Gasteiger partial charge in [0.2, 0.25) is 0 Å². The maximum absolute atomic E-state index is 14.1. The smallest absolute Gasteiger partial charge is 0.416 e. The molecule has 0 aliphatic heterocycles. The molecule has 14 heteroatoms. The Kier molecular flexibility index (Phi) is 16.2. The summed E-state index contributed by atoms with van der Waals surface area (Å²) in [6, 6.07) is 19.1. The van der Waals surface area contributed by atoms with Gasteiger partial charge in [-0.3, -0.25) is 4.90 Å². The molecule has 0 fully saturated rings. The van der Waals surface area contributed by atoms with E-state index in [2.05, 4.69) is 4.90 Å². The van der Waals surface area contributed by atoms with Gasteiger partial charge >= 0.3 is 18.4 Å². The van der Waals surface area contributed by atoms with Gasteiger partial charge < -0.3 is 29.3 Å². The van der Waals surface area contributed by atoms with Crippen LogP contribution in [-0.4, -0.2) is 64.1 Å². The molecule has 0 heterocycles. The Morgan fingerprint density at radius 2 is 1.02 bits per heavy atom. The number of aryl methyl sites for hydroxylation is 2. The van der Waals surface area contributed by atoms with E-state index < -0.39 is 41.2 Å². The summed E-state index contributed by atoms with van der Waals surface area (Å²) in [5.41, 5.74) is 0.473. The maximum Gasteiger partial charge on any atom is 0.416 e. The van der Waals surface area contributed by atoms with E-state index in [1.807, 2.05) is 19.9 Å². The van der Waals surface area contributed by atoms with Crippen molar-refractivity contribution in [2.75, 3.05) is 14.2 Å². The summed E-state index contributed by atoms with van der Waals surface area (Å²) < 4.78 is 97.3. The lowest BCUT2D eigenvalue weighted by Gasteiger charge is -2.38. The highest BCUT2D eigenvalue weighted by molar-refractivity contribution is 5.68. The number of aromatic hydroxyl groups is 2. The van der Waals surface area contributed by atoms with Gasteiger partial charge in [-0.1, -0.05) is 36.4 Å². The van der Waals surface area contributed by atoms with E-state index in [-0.39, 0.29) is 35.9 Å². The molecule has 0 spiro atoms. The van der Waals surface area contributed by atoms with Crippen molar-refractivity contribution >= 4 is 6.09 Å². The van der Waals surface area contributed by atoms with E-state index in [1.54, 1.807) is 49.9 Å². The molecule has 2 N–H and O–H groups in total. The Hall–Kier alpha value is -5.11. The molecule has 0 saturated heterocycles. The SMILES string of the molecule is COc1cc(CCC(CCC(C)N(Cc2ccc(C(F)(F)F)cc2)C(C)CCc2ccc(O)c(OC)c2)N(Cc2ccc(C(F)(F)F)cc2)C(=O)OC(C)(C)C)ccc1O. The highest BCUT2D eigenvalue weighted by Gasteiger charge is 2.33. The van der Waals surface area contributed by atoms with Crippen LogP contribution in [0.3, 0.4) is 0 Å². The average molecular weight is 847 g/mol. The van der Waals surface area contributed by atoms with Crippen LogP contribution in [0.1, 0.15) is 93.7 Å². The van der Waals surface area contributed by atoms with E-state index in [1.165, 1.54) is 44.6 Å². The lowest BCUT2D eigenvalue weighted by Crippen LogP contribution is -2.45. The van der Waals surface area contributed by atoms with Crippen LogP contribution in [0, 0.1) is 0 Å². The summed E-state index contributed by atoms with van der Waals surface area (Å²) in [7, 11) is 2.91. The van der Waals surface area contributed by atoms with Crippen LogP contribution in [0.2, 0.25) is 0 Å². The largest absolute Gasteiger partial charge is 0.504 e. The zero-order valence-electron chi connectivity index (χ0n) is 35.2. The molecular formula is C46H56F6N2O6. The number of phenolic OH excluding ortho intramolecular Hbond substituents is 2. The molecule has 8 nitrogen and oxygen atoms in total. The zero-order chi connectivity index (χ0) is 44.4. The third kappa shape index (κ3) is 14.0. The molecular weight excluding hydrogens is 791 g/mol. The van der Waals surface area contributed by atoms with Crippen LogP contribution in [0.15, 0.2) is 84.9 Å². The van der Waals surface area contributed by atoms with Crippen molar-refractivity contribution in [2.24, 2.45) is 0 Å². The fourth-order valence-electron chi connectivity index (χ4n) is 7.10. The third-order valence-electron chi connectivity index (χ3n) is 10.5. The van der Waals surface area contributed by atoms with Crippen LogP contribution >= 0.6 is 0 Å². The summed E-state index contributed by atoms with van der Waals surface area (Å²) >= 11 is 0. The van der Waals surface area contributed by atoms with Crippen molar-refractivity contribution in [1.29, 1.82) is 0 Å². The number of phenols is 2. The van der Waals surface area contributed by atoms with Gasteiger partial charge in [-0.15, -0.1) is 0 Å². The lowest BCUT2D eigenvalue weighted by molar-refractivity contribution is -0.138. The Morgan fingerprint density at radius 1 is 0.600 bits per heavy atom.